The first kappa shape index (κ1) is 25.4. The van der Waals surface area contributed by atoms with E-state index in [1.165, 1.54) is 6.08 Å². The van der Waals surface area contributed by atoms with E-state index < -0.39 is 18.0 Å². The van der Waals surface area contributed by atoms with E-state index in [2.05, 4.69) is 10.2 Å². The van der Waals surface area contributed by atoms with Crippen molar-refractivity contribution >= 4 is 40.7 Å². The van der Waals surface area contributed by atoms with Crippen molar-refractivity contribution in [3.05, 3.63) is 89.9 Å². The minimum absolute atomic E-state index is 0.401. The van der Waals surface area contributed by atoms with Crippen LogP contribution in [0, 0.1) is 0 Å². The van der Waals surface area contributed by atoms with Gasteiger partial charge in [-0.05, 0) is 60.8 Å². The van der Waals surface area contributed by atoms with Crippen molar-refractivity contribution < 1.29 is 19.1 Å². The van der Waals surface area contributed by atoms with Crippen molar-refractivity contribution in [2.24, 2.45) is 0 Å². The number of rotatable bonds is 8. The van der Waals surface area contributed by atoms with E-state index in [9.17, 15) is 9.59 Å². The maximum absolute atomic E-state index is 12.6. The van der Waals surface area contributed by atoms with E-state index >= 15 is 0 Å². The molecule has 0 aliphatic carbocycles. The van der Waals surface area contributed by atoms with Crippen LogP contribution >= 0.6 is 11.3 Å². The Bertz CT molecular complexity index is 1390. The van der Waals surface area contributed by atoms with Gasteiger partial charge >= 0.3 is 5.97 Å². The van der Waals surface area contributed by atoms with Crippen molar-refractivity contribution in [1.29, 1.82) is 0 Å². The Labute approximate surface area is 225 Å². The Morgan fingerprint density at radius 1 is 1.03 bits per heavy atom. The van der Waals surface area contributed by atoms with Crippen LogP contribution in [0.1, 0.15) is 12.5 Å². The molecule has 3 heterocycles. The number of nitrogens with zero attached hydrogens (tertiary/aromatic N) is 3. The van der Waals surface area contributed by atoms with E-state index in [0.717, 1.165) is 40.6 Å². The fourth-order valence-corrected chi connectivity index (χ4v) is 4.80. The summed E-state index contributed by atoms with van der Waals surface area (Å²) >= 11 is 1.57. The largest absolute Gasteiger partial charge is 0.449 e. The van der Waals surface area contributed by atoms with Gasteiger partial charge in [0, 0.05) is 42.3 Å². The molecule has 0 spiro atoms. The van der Waals surface area contributed by atoms with Crippen molar-refractivity contribution in [3.8, 4) is 16.3 Å². The number of morpholine rings is 1. The highest BCUT2D eigenvalue weighted by Crippen LogP contribution is 2.28. The quantitative estimate of drug-likeness (QED) is 0.255. The van der Waals surface area contributed by atoms with E-state index in [0.29, 0.717) is 18.9 Å². The van der Waals surface area contributed by atoms with Gasteiger partial charge in [0.15, 0.2) is 6.10 Å². The lowest BCUT2D eigenvalue weighted by Gasteiger charge is -2.28. The molecule has 2 aromatic heterocycles. The second kappa shape index (κ2) is 11.9. The highest BCUT2D eigenvalue weighted by molar-refractivity contribution is 7.13. The average Bonchev–Trinajstić information content (AvgIpc) is 3.64. The Hall–Kier alpha value is -4.21. The van der Waals surface area contributed by atoms with Crippen molar-refractivity contribution in [1.82, 2.24) is 9.78 Å². The summed E-state index contributed by atoms with van der Waals surface area (Å²) in [5, 5.41) is 9.51. The van der Waals surface area contributed by atoms with Gasteiger partial charge in [-0.1, -0.05) is 24.3 Å². The zero-order valence-electron chi connectivity index (χ0n) is 20.9. The third-order valence-corrected chi connectivity index (χ3v) is 6.97. The SMILES string of the molecule is C[C@H](OC(=O)/C=C/c1cn(-c2ccccc2)nc1-c1cccs1)C(=O)Nc1ccc(N2CCOCC2)cc1. The zero-order valence-corrected chi connectivity index (χ0v) is 21.8. The number of thiophene rings is 1. The molecule has 9 heteroatoms. The second-order valence-electron chi connectivity index (χ2n) is 8.74. The number of aromatic nitrogens is 2. The van der Waals surface area contributed by atoms with Crippen LogP contribution in [-0.2, 0) is 19.1 Å². The molecule has 194 valence electrons. The summed E-state index contributed by atoms with van der Waals surface area (Å²) in [4.78, 5) is 28.4. The monoisotopic (exact) mass is 528 g/mol. The fraction of sp³-hybridized carbons (Fsp3) is 0.207. The first-order chi connectivity index (χ1) is 18.6. The number of hydrogen-bond donors (Lipinski definition) is 1. The molecule has 1 N–H and O–H groups in total. The molecule has 0 bridgehead atoms. The predicted molar refractivity (Wildman–Crippen MR) is 150 cm³/mol. The Kier molecular flexibility index (Phi) is 7.96. The molecule has 1 atom stereocenters. The van der Waals surface area contributed by atoms with Crippen molar-refractivity contribution in [2.75, 3.05) is 36.5 Å². The zero-order chi connectivity index (χ0) is 26.3. The van der Waals surface area contributed by atoms with E-state index in [-0.39, 0.29) is 0 Å². The van der Waals surface area contributed by atoms with E-state index in [4.69, 9.17) is 14.6 Å². The van der Waals surface area contributed by atoms with Crippen LogP contribution in [0.25, 0.3) is 22.3 Å². The number of esters is 1. The number of para-hydroxylation sites is 1. The second-order valence-corrected chi connectivity index (χ2v) is 9.69. The van der Waals surface area contributed by atoms with E-state index in [1.807, 2.05) is 78.3 Å². The highest BCUT2D eigenvalue weighted by atomic mass is 32.1. The third kappa shape index (κ3) is 6.19. The van der Waals surface area contributed by atoms with Gasteiger partial charge in [-0.3, -0.25) is 4.79 Å². The predicted octanol–water partition coefficient (Wildman–Crippen LogP) is 5.02. The molecular weight excluding hydrogens is 500 g/mol. The third-order valence-electron chi connectivity index (χ3n) is 6.09. The van der Waals surface area contributed by atoms with Gasteiger partial charge in [0.05, 0.1) is 23.8 Å². The molecule has 1 amide bonds. The molecule has 0 saturated carbocycles. The van der Waals surface area contributed by atoms with Gasteiger partial charge in [-0.25, -0.2) is 9.48 Å². The lowest BCUT2D eigenvalue weighted by Crippen LogP contribution is -2.36. The highest BCUT2D eigenvalue weighted by Gasteiger charge is 2.18. The fourth-order valence-electron chi connectivity index (χ4n) is 4.07. The number of anilines is 2. The molecule has 2 aromatic carbocycles. The summed E-state index contributed by atoms with van der Waals surface area (Å²) in [7, 11) is 0. The summed E-state index contributed by atoms with van der Waals surface area (Å²) in [6.07, 6.45) is 3.89. The standard InChI is InChI=1S/C29H28N4O4S/c1-21(29(35)30-23-10-12-24(13-11-23)32-15-17-36-18-16-32)37-27(34)14-9-22-20-33(25-6-3-2-4-7-25)31-28(22)26-8-5-19-38-26/h2-14,19-21H,15-18H2,1H3,(H,30,35)/b14-9+/t21-/m0/s1. The lowest BCUT2D eigenvalue weighted by atomic mass is 10.2. The minimum atomic E-state index is -0.963. The van der Waals surface area contributed by atoms with Gasteiger partial charge in [0.2, 0.25) is 0 Å². The first-order valence-electron chi connectivity index (χ1n) is 12.4. The summed E-state index contributed by atoms with van der Waals surface area (Å²) in [5.41, 5.74) is 4.16. The molecule has 5 rings (SSSR count). The molecule has 0 radical (unpaired) electrons. The molecule has 1 aliphatic heterocycles. The summed E-state index contributed by atoms with van der Waals surface area (Å²) in [6.45, 7) is 4.65. The van der Waals surface area contributed by atoms with Gasteiger partial charge in [0.1, 0.15) is 5.69 Å². The first-order valence-corrected chi connectivity index (χ1v) is 13.3. The molecule has 0 unspecified atom stereocenters. The van der Waals surface area contributed by atoms with Gasteiger partial charge in [-0.15, -0.1) is 11.3 Å². The number of amides is 1. The van der Waals surface area contributed by atoms with Gasteiger partial charge in [-0.2, -0.15) is 5.10 Å². The molecule has 1 saturated heterocycles. The van der Waals surface area contributed by atoms with E-state index in [1.54, 1.807) is 29.0 Å². The molecule has 38 heavy (non-hydrogen) atoms. The van der Waals surface area contributed by atoms with Crippen LogP contribution in [0.15, 0.2) is 84.4 Å². The molecule has 8 nitrogen and oxygen atoms in total. The van der Waals surface area contributed by atoms with Crippen LogP contribution in [0.2, 0.25) is 0 Å². The van der Waals surface area contributed by atoms with Gasteiger partial charge in [0.25, 0.3) is 5.91 Å². The molecule has 1 fully saturated rings. The minimum Gasteiger partial charge on any atom is -0.449 e. The number of benzene rings is 2. The lowest BCUT2D eigenvalue weighted by molar-refractivity contribution is -0.148. The van der Waals surface area contributed by atoms with Crippen LogP contribution in [0.4, 0.5) is 11.4 Å². The van der Waals surface area contributed by atoms with Crippen LogP contribution in [-0.4, -0.2) is 54.1 Å². The molecular formula is C29H28N4O4S. The smallest absolute Gasteiger partial charge is 0.331 e. The van der Waals surface area contributed by atoms with Crippen LogP contribution in [0.5, 0.6) is 0 Å². The summed E-state index contributed by atoms with van der Waals surface area (Å²) in [5.74, 6) is -1.01. The number of carbonyl (C=O) groups is 2. The van der Waals surface area contributed by atoms with Crippen LogP contribution in [0.3, 0.4) is 0 Å². The number of ether oxygens (including phenoxy) is 2. The molecule has 4 aromatic rings. The molecule has 1 aliphatic rings. The Balaban J connectivity index is 1.21. The summed E-state index contributed by atoms with van der Waals surface area (Å²) < 4.78 is 12.5. The maximum Gasteiger partial charge on any atom is 0.331 e. The average molecular weight is 529 g/mol. The normalized spacial score (nSPS) is 14.4. The number of carbonyl (C=O) groups excluding carboxylic acids is 2. The van der Waals surface area contributed by atoms with Crippen molar-refractivity contribution in [2.45, 2.75) is 13.0 Å². The van der Waals surface area contributed by atoms with Crippen molar-refractivity contribution in [3.63, 3.8) is 0 Å². The summed E-state index contributed by atoms with van der Waals surface area (Å²) in [6, 6.07) is 21.3. The van der Waals surface area contributed by atoms with Crippen LogP contribution < -0.4 is 10.2 Å². The van der Waals surface area contributed by atoms with Gasteiger partial charge < -0.3 is 19.7 Å². The Morgan fingerprint density at radius 2 is 1.79 bits per heavy atom. The number of hydrogen-bond acceptors (Lipinski definition) is 7. The topological polar surface area (TPSA) is 85.7 Å². The Morgan fingerprint density at radius 3 is 2.50 bits per heavy atom. The number of nitrogens with one attached hydrogen (secondary N) is 1. The maximum atomic E-state index is 12.6.